The fourth-order valence-electron chi connectivity index (χ4n) is 2.12. The highest BCUT2D eigenvalue weighted by Crippen LogP contribution is 2.12. The van der Waals surface area contributed by atoms with Gasteiger partial charge in [-0.1, -0.05) is 0 Å². The van der Waals surface area contributed by atoms with Crippen molar-refractivity contribution < 1.29 is 28.7 Å². The van der Waals surface area contributed by atoms with Crippen LogP contribution in [0.25, 0.3) is 0 Å². The molecule has 1 aliphatic rings. The van der Waals surface area contributed by atoms with Crippen LogP contribution < -0.4 is 5.32 Å². The van der Waals surface area contributed by atoms with Crippen molar-refractivity contribution in [3.8, 4) is 0 Å². The minimum Gasteiger partial charge on any atom is -0.462 e. The normalized spacial score (nSPS) is 16.2. The van der Waals surface area contributed by atoms with Gasteiger partial charge in [0.25, 0.3) is 0 Å². The number of nitrogens with one attached hydrogen (secondary N) is 1. The van der Waals surface area contributed by atoms with Gasteiger partial charge in [0, 0.05) is 26.2 Å². The largest absolute Gasteiger partial charge is 0.462 e. The molecule has 0 aromatic rings. The third-order valence-electron chi connectivity index (χ3n) is 3.33. The Morgan fingerprint density at radius 3 is 1.96 bits per heavy atom. The summed E-state index contributed by atoms with van der Waals surface area (Å²) in [6, 6.07) is -0.857. The van der Waals surface area contributed by atoms with Crippen molar-refractivity contribution in [2.75, 3.05) is 33.3 Å². The van der Waals surface area contributed by atoms with Crippen molar-refractivity contribution in [2.45, 2.75) is 39.3 Å². The Kier molecular flexibility index (Phi) is 6.56. The van der Waals surface area contributed by atoms with E-state index in [-0.39, 0.29) is 5.91 Å². The summed E-state index contributed by atoms with van der Waals surface area (Å²) in [6.07, 6.45) is -0.415. The van der Waals surface area contributed by atoms with Gasteiger partial charge < -0.3 is 24.6 Å². The molecule has 3 amide bonds. The number of hydrogen-bond donors (Lipinski definition) is 1. The molecule has 1 fully saturated rings. The number of amides is 3. The number of nitrogens with zero attached hydrogens (tertiary/aromatic N) is 2. The average molecular weight is 343 g/mol. The number of carbonyl (C=O) groups excluding carboxylic acids is 4. The highest BCUT2D eigenvalue weighted by Gasteiger charge is 2.30. The van der Waals surface area contributed by atoms with E-state index in [4.69, 9.17) is 4.74 Å². The second-order valence-corrected chi connectivity index (χ2v) is 6.48. The SMILES string of the molecule is COC(=O)C(=O)NC(C)C(=O)N1CCN(C(=O)OC(C)(C)C)CC1. The lowest BCUT2D eigenvalue weighted by molar-refractivity contribution is -0.153. The second-order valence-electron chi connectivity index (χ2n) is 6.48. The molecule has 0 spiro atoms. The quantitative estimate of drug-likeness (QED) is 0.547. The molecule has 136 valence electrons. The number of hydrogen-bond acceptors (Lipinski definition) is 6. The topological polar surface area (TPSA) is 105 Å². The predicted octanol–water partition coefficient (Wildman–Crippen LogP) is -0.257. The van der Waals surface area contributed by atoms with Crippen LogP contribution in [0.15, 0.2) is 0 Å². The van der Waals surface area contributed by atoms with Crippen LogP contribution in [-0.4, -0.2) is 78.6 Å². The molecule has 1 unspecified atom stereocenters. The van der Waals surface area contributed by atoms with Gasteiger partial charge in [-0.05, 0) is 27.7 Å². The summed E-state index contributed by atoms with van der Waals surface area (Å²) in [4.78, 5) is 49.8. The maximum atomic E-state index is 12.3. The molecule has 1 atom stereocenters. The Bertz CT molecular complexity index is 506. The van der Waals surface area contributed by atoms with E-state index in [1.807, 2.05) is 0 Å². The predicted molar refractivity (Wildman–Crippen MR) is 84.0 cm³/mol. The van der Waals surface area contributed by atoms with Crippen molar-refractivity contribution in [1.29, 1.82) is 0 Å². The van der Waals surface area contributed by atoms with E-state index in [1.165, 1.54) is 16.7 Å². The first-order valence-electron chi connectivity index (χ1n) is 7.70. The lowest BCUT2D eigenvalue weighted by Gasteiger charge is -2.36. The van der Waals surface area contributed by atoms with Gasteiger partial charge in [-0.15, -0.1) is 0 Å². The maximum absolute atomic E-state index is 12.3. The van der Waals surface area contributed by atoms with E-state index in [1.54, 1.807) is 20.8 Å². The summed E-state index contributed by atoms with van der Waals surface area (Å²) in [6.45, 7) is 8.20. The molecular weight excluding hydrogens is 318 g/mol. The molecule has 0 bridgehead atoms. The van der Waals surface area contributed by atoms with Crippen LogP contribution in [0.3, 0.4) is 0 Å². The van der Waals surface area contributed by atoms with E-state index < -0.39 is 29.6 Å². The van der Waals surface area contributed by atoms with E-state index in [2.05, 4.69) is 10.1 Å². The van der Waals surface area contributed by atoms with Crippen LogP contribution in [0.2, 0.25) is 0 Å². The van der Waals surface area contributed by atoms with Crippen molar-refractivity contribution in [1.82, 2.24) is 15.1 Å². The fourth-order valence-corrected chi connectivity index (χ4v) is 2.12. The molecule has 1 rings (SSSR count). The third kappa shape index (κ3) is 5.71. The van der Waals surface area contributed by atoms with E-state index in [0.717, 1.165) is 7.11 Å². The van der Waals surface area contributed by atoms with Crippen molar-refractivity contribution >= 4 is 23.9 Å². The molecular formula is C15H25N3O6. The van der Waals surface area contributed by atoms with E-state index in [0.29, 0.717) is 26.2 Å². The minimum atomic E-state index is -1.05. The summed E-state index contributed by atoms with van der Waals surface area (Å²) >= 11 is 0. The van der Waals surface area contributed by atoms with E-state index in [9.17, 15) is 19.2 Å². The smallest absolute Gasteiger partial charge is 0.410 e. The molecule has 1 heterocycles. The Labute approximate surface area is 141 Å². The minimum absolute atomic E-state index is 0.323. The molecule has 1 saturated heterocycles. The summed E-state index contributed by atoms with van der Waals surface area (Å²) in [7, 11) is 1.09. The van der Waals surface area contributed by atoms with Gasteiger partial charge >= 0.3 is 18.0 Å². The zero-order valence-corrected chi connectivity index (χ0v) is 14.7. The molecule has 24 heavy (non-hydrogen) atoms. The average Bonchev–Trinajstić information content (AvgIpc) is 2.51. The van der Waals surface area contributed by atoms with Crippen LogP contribution in [0.1, 0.15) is 27.7 Å². The number of methoxy groups -OCH3 is 1. The molecule has 0 saturated carbocycles. The molecule has 1 N–H and O–H groups in total. The van der Waals surface area contributed by atoms with Gasteiger partial charge in [0.05, 0.1) is 7.11 Å². The highest BCUT2D eigenvalue weighted by molar-refractivity contribution is 6.32. The monoisotopic (exact) mass is 343 g/mol. The number of esters is 1. The van der Waals surface area contributed by atoms with Gasteiger partial charge in [0.15, 0.2) is 0 Å². The first-order chi connectivity index (χ1) is 11.0. The van der Waals surface area contributed by atoms with Crippen molar-refractivity contribution in [3.05, 3.63) is 0 Å². The van der Waals surface area contributed by atoms with Crippen LogP contribution in [-0.2, 0) is 23.9 Å². The number of carbonyl (C=O) groups is 4. The standard InChI is InChI=1S/C15H25N3O6/c1-10(16-11(19)13(21)23-5)12(20)17-6-8-18(9-7-17)14(22)24-15(2,3)4/h10H,6-9H2,1-5H3,(H,16,19). The lowest BCUT2D eigenvalue weighted by Crippen LogP contribution is -2.56. The van der Waals surface area contributed by atoms with Gasteiger partial charge in [0.1, 0.15) is 11.6 Å². The zero-order chi connectivity index (χ0) is 18.5. The molecule has 0 aromatic heterocycles. The van der Waals surface area contributed by atoms with Crippen molar-refractivity contribution in [2.24, 2.45) is 0 Å². The molecule has 0 aliphatic carbocycles. The van der Waals surface area contributed by atoms with Gasteiger partial charge in [-0.3, -0.25) is 9.59 Å². The second kappa shape index (κ2) is 7.98. The Balaban J connectivity index is 2.49. The van der Waals surface area contributed by atoms with Crippen molar-refractivity contribution in [3.63, 3.8) is 0 Å². The highest BCUT2D eigenvalue weighted by atomic mass is 16.6. The molecule has 0 aromatic carbocycles. The van der Waals surface area contributed by atoms with Crippen LogP contribution >= 0.6 is 0 Å². The Morgan fingerprint density at radius 1 is 1.00 bits per heavy atom. The molecule has 9 heteroatoms. The Morgan fingerprint density at radius 2 is 1.50 bits per heavy atom. The summed E-state index contributed by atoms with van der Waals surface area (Å²) in [5.74, 6) is -2.34. The van der Waals surface area contributed by atoms with Crippen LogP contribution in [0, 0.1) is 0 Å². The van der Waals surface area contributed by atoms with Crippen LogP contribution in [0.5, 0.6) is 0 Å². The zero-order valence-electron chi connectivity index (χ0n) is 14.7. The summed E-state index contributed by atoms with van der Waals surface area (Å²) in [5.41, 5.74) is -0.573. The maximum Gasteiger partial charge on any atom is 0.410 e. The number of rotatable bonds is 2. The molecule has 1 aliphatic heterocycles. The number of piperazine rings is 1. The third-order valence-corrected chi connectivity index (χ3v) is 3.33. The first kappa shape index (κ1) is 19.7. The lowest BCUT2D eigenvalue weighted by atomic mass is 10.2. The molecule has 0 radical (unpaired) electrons. The summed E-state index contributed by atoms with van der Waals surface area (Å²) in [5, 5.41) is 2.28. The first-order valence-corrected chi connectivity index (χ1v) is 7.70. The van der Waals surface area contributed by atoms with Gasteiger partial charge in [-0.2, -0.15) is 0 Å². The number of ether oxygens (including phenoxy) is 2. The van der Waals surface area contributed by atoms with Crippen LogP contribution in [0.4, 0.5) is 4.79 Å². The summed E-state index contributed by atoms with van der Waals surface area (Å²) < 4.78 is 9.57. The van der Waals surface area contributed by atoms with Gasteiger partial charge in [-0.25, -0.2) is 9.59 Å². The van der Waals surface area contributed by atoms with E-state index >= 15 is 0 Å². The molecule has 9 nitrogen and oxygen atoms in total. The van der Waals surface area contributed by atoms with Gasteiger partial charge in [0.2, 0.25) is 5.91 Å². The fraction of sp³-hybridized carbons (Fsp3) is 0.733. The Hall–Kier alpha value is -2.32.